The molecule has 1 saturated heterocycles. The summed E-state index contributed by atoms with van der Waals surface area (Å²) in [5.74, 6) is 2.14. The van der Waals surface area contributed by atoms with Crippen LogP contribution in [0.1, 0.15) is 67.1 Å². The van der Waals surface area contributed by atoms with Gasteiger partial charge in [0.25, 0.3) is 0 Å². The highest BCUT2D eigenvalue weighted by atomic mass is 16.6. The third-order valence-corrected chi connectivity index (χ3v) is 6.01. The SMILES string of the molecule is CC(C)Cc1ccc(C(=O)CCC(=O)N2CCCC2c2cccc3c2OCCO3)cc1. The van der Waals surface area contributed by atoms with Gasteiger partial charge in [-0.25, -0.2) is 0 Å². The minimum Gasteiger partial charge on any atom is -0.486 e. The van der Waals surface area contributed by atoms with Crippen molar-refractivity contribution in [2.45, 2.75) is 52.0 Å². The lowest BCUT2D eigenvalue weighted by Crippen LogP contribution is -2.31. The summed E-state index contributed by atoms with van der Waals surface area (Å²) in [7, 11) is 0. The maximum Gasteiger partial charge on any atom is 0.223 e. The fourth-order valence-electron chi connectivity index (χ4n) is 4.55. The monoisotopic (exact) mass is 421 g/mol. The van der Waals surface area contributed by atoms with Gasteiger partial charge in [-0.2, -0.15) is 0 Å². The molecule has 2 aliphatic heterocycles. The van der Waals surface area contributed by atoms with Crippen molar-refractivity contribution in [1.29, 1.82) is 0 Å². The predicted molar refractivity (Wildman–Crippen MR) is 120 cm³/mol. The Kier molecular flexibility index (Phi) is 6.59. The Hall–Kier alpha value is -2.82. The van der Waals surface area contributed by atoms with Crippen LogP contribution in [-0.2, 0) is 11.2 Å². The summed E-state index contributed by atoms with van der Waals surface area (Å²) in [4.78, 5) is 27.6. The van der Waals surface area contributed by atoms with Crippen LogP contribution < -0.4 is 9.47 Å². The van der Waals surface area contributed by atoms with E-state index in [1.807, 2.05) is 47.4 Å². The molecule has 0 bridgehead atoms. The molecule has 0 saturated carbocycles. The summed E-state index contributed by atoms with van der Waals surface area (Å²) in [5, 5.41) is 0. The molecule has 31 heavy (non-hydrogen) atoms. The van der Waals surface area contributed by atoms with E-state index in [-0.39, 0.29) is 30.6 Å². The van der Waals surface area contributed by atoms with Gasteiger partial charge in [0, 0.05) is 30.5 Å². The van der Waals surface area contributed by atoms with Crippen molar-refractivity contribution in [3.8, 4) is 11.5 Å². The Bertz CT molecular complexity index is 935. The highest BCUT2D eigenvalue weighted by Gasteiger charge is 2.33. The molecule has 1 amide bonds. The molecule has 0 spiro atoms. The fourth-order valence-corrected chi connectivity index (χ4v) is 4.55. The molecule has 2 aromatic carbocycles. The number of rotatable bonds is 7. The van der Waals surface area contributed by atoms with E-state index in [4.69, 9.17) is 9.47 Å². The van der Waals surface area contributed by atoms with Gasteiger partial charge in [0.15, 0.2) is 17.3 Å². The molecule has 164 valence electrons. The van der Waals surface area contributed by atoms with Gasteiger partial charge in [0.1, 0.15) is 13.2 Å². The Morgan fingerprint density at radius 2 is 1.81 bits per heavy atom. The van der Waals surface area contributed by atoms with Gasteiger partial charge in [-0.15, -0.1) is 0 Å². The average molecular weight is 422 g/mol. The van der Waals surface area contributed by atoms with E-state index < -0.39 is 0 Å². The molecule has 2 aromatic rings. The lowest BCUT2D eigenvalue weighted by Gasteiger charge is -2.29. The predicted octanol–water partition coefficient (Wildman–Crippen LogP) is 4.98. The van der Waals surface area contributed by atoms with E-state index in [9.17, 15) is 9.59 Å². The van der Waals surface area contributed by atoms with Gasteiger partial charge in [0.05, 0.1) is 6.04 Å². The smallest absolute Gasteiger partial charge is 0.223 e. The van der Waals surface area contributed by atoms with Gasteiger partial charge in [-0.05, 0) is 36.8 Å². The number of para-hydroxylation sites is 1. The van der Waals surface area contributed by atoms with Crippen LogP contribution in [0.3, 0.4) is 0 Å². The van der Waals surface area contributed by atoms with Crippen molar-refractivity contribution < 1.29 is 19.1 Å². The molecule has 0 aliphatic carbocycles. The van der Waals surface area contributed by atoms with Gasteiger partial charge < -0.3 is 14.4 Å². The Morgan fingerprint density at radius 1 is 1.03 bits per heavy atom. The van der Waals surface area contributed by atoms with Crippen LogP contribution in [0.15, 0.2) is 42.5 Å². The van der Waals surface area contributed by atoms with Crippen molar-refractivity contribution in [2.75, 3.05) is 19.8 Å². The molecule has 0 N–H and O–H groups in total. The van der Waals surface area contributed by atoms with Crippen LogP contribution in [0.4, 0.5) is 0 Å². The molecule has 1 fully saturated rings. The number of carbonyl (C=O) groups is 2. The minimum absolute atomic E-state index is 0.0189. The molecule has 0 aromatic heterocycles. The molecule has 2 aliphatic rings. The Labute approximate surface area is 184 Å². The molecular formula is C26H31NO4. The summed E-state index contributed by atoms with van der Waals surface area (Å²) in [5.41, 5.74) is 2.93. The average Bonchev–Trinajstić information content (AvgIpc) is 3.27. The van der Waals surface area contributed by atoms with Crippen molar-refractivity contribution in [3.05, 3.63) is 59.2 Å². The van der Waals surface area contributed by atoms with Gasteiger partial charge >= 0.3 is 0 Å². The molecule has 4 rings (SSSR count). The first-order valence-corrected chi connectivity index (χ1v) is 11.3. The number of nitrogens with zero attached hydrogens (tertiary/aromatic N) is 1. The maximum atomic E-state index is 13.0. The fraction of sp³-hybridized carbons (Fsp3) is 0.462. The van der Waals surface area contributed by atoms with Gasteiger partial charge in [-0.3, -0.25) is 9.59 Å². The normalized spacial score (nSPS) is 17.8. The summed E-state index contributed by atoms with van der Waals surface area (Å²) in [6.07, 6.45) is 3.32. The van der Waals surface area contributed by atoms with E-state index in [1.54, 1.807) is 0 Å². The third kappa shape index (κ3) is 4.92. The van der Waals surface area contributed by atoms with E-state index in [1.165, 1.54) is 5.56 Å². The highest BCUT2D eigenvalue weighted by molar-refractivity contribution is 5.98. The number of likely N-dealkylation sites (tertiary alicyclic amines) is 1. The van der Waals surface area contributed by atoms with Crippen LogP contribution in [0.5, 0.6) is 11.5 Å². The number of carbonyl (C=O) groups excluding carboxylic acids is 2. The van der Waals surface area contributed by atoms with Crippen molar-refractivity contribution in [1.82, 2.24) is 4.90 Å². The standard InChI is InChI=1S/C26H31NO4/c1-18(2)17-19-8-10-20(11-9-19)23(28)12-13-25(29)27-14-4-6-22(27)21-5-3-7-24-26(21)31-16-15-30-24/h3,5,7-11,18,22H,4,6,12-17H2,1-2H3. The van der Waals surface area contributed by atoms with Crippen molar-refractivity contribution >= 4 is 11.7 Å². The second-order valence-electron chi connectivity index (χ2n) is 8.83. The first-order chi connectivity index (χ1) is 15.0. The lowest BCUT2D eigenvalue weighted by atomic mass is 9.99. The summed E-state index contributed by atoms with van der Waals surface area (Å²) in [6.45, 7) is 6.15. The topological polar surface area (TPSA) is 55.8 Å². The summed E-state index contributed by atoms with van der Waals surface area (Å²) >= 11 is 0. The van der Waals surface area contributed by atoms with E-state index in [0.717, 1.165) is 36.3 Å². The molecule has 0 radical (unpaired) electrons. The molecule has 2 heterocycles. The first kappa shape index (κ1) is 21.4. The number of fused-ring (bicyclic) bond motifs is 1. The van der Waals surface area contributed by atoms with Crippen LogP contribution in [0, 0.1) is 5.92 Å². The maximum absolute atomic E-state index is 13.0. The molecule has 5 heteroatoms. The van der Waals surface area contributed by atoms with Crippen molar-refractivity contribution in [3.63, 3.8) is 0 Å². The zero-order chi connectivity index (χ0) is 21.8. The Morgan fingerprint density at radius 3 is 2.58 bits per heavy atom. The quantitative estimate of drug-likeness (QED) is 0.592. The van der Waals surface area contributed by atoms with Gasteiger partial charge in [0.2, 0.25) is 5.91 Å². The Balaban J connectivity index is 1.39. The molecule has 1 atom stereocenters. The van der Waals surface area contributed by atoms with Crippen LogP contribution in [-0.4, -0.2) is 36.3 Å². The second kappa shape index (κ2) is 9.54. The number of amides is 1. The van der Waals surface area contributed by atoms with E-state index in [2.05, 4.69) is 13.8 Å². The summed E-state index contributed by atoms with van der Waals surface area (Å²) < 4.78 is 11.6. The largest absolute Gasteiger partial charge is 0.486 e. The van der Waals surface area contributed by atoms with Gasteiger partial charge in [-0.1, -0.05) is 50.2 Å². The van der Waals surface area contributed by atoms with E-state index >= 15 is 0 Å². The summed E-state index contributed by atoms with van der Waals surface area (Å²) in [6, 6.07) is 13.7. The third-order valence-electron chi connectivity index (χ3n) is 6.01. The number of benzene rings is 2. The van der Waals surface area contributed by atoms with Crippen LogP contribution >= 0.6 is 0 Å². The van der Waals surface area contributed by atoms with Crippen LogP contribution in [0.2, 0.25) is 0 Å². The lowest BCUT2D eigenvalue weighted by molar-refractivity contribution is -0.132. The second-order valence-corrected chi connectivity index (χ2v) is 8.83. The number of Topliss-reactive ketones (excluding diaryl/α,β-unsaturated/α-hetero) is 1. The van der Waals surface area contributed by atoms with Crippen LogP contribution in [0.25, 0.3) is 0 Å². The number of hydrogen-bond donors (Lipinski definition) is 0. The minimum atomic E-state index is -0.0189. The zero-order valence-corrected chi connectivity index (χ0v) is 18.4. The highest BCUT2D eigenvalue weighted by Crippen LogP contribution is 2.43. The molecular weight excluding hydrogens is 390 g/mol. The number of ketones is 1. The molecule has 1 unspecified atom stereocenters. The number of hydrogen-bond acceptors (Lipinski definition) is 4. The zero-order valence-electron chi connectivity index (χ0n) is 18.4. The number of ether oxygens (including phenoxy) is 2. The first-order valence-electron chi connectivity index (χ1n) is 11.3. The van der Waals surface area contributed by atoms with Crippen molar-refractivity contribution in [2.24, 2.45) is 5.92 Å². The van der Waals surface area contributed by atoms with E-state index in [0.29, 0.717) is 31.2 Å². The molecule has 5 nitrogen and oxygen atoms in total.